The van der Waals surface area contributed by atoms with Gasteiger partial charge in [0.15, 0.2) is 5.82 Å². The lowest BCUT2D eigenvalue weighted by Gasteiger charge is -2.15. The summed E-state index contributed by atoms with van der Waals surface area (Å²) in [4.78, 5) is 4.31. The zero-order chi connectivity index (χ0) is 19.5. The molecule has 1 aliphatic rings. The van der Waals surface area contributed by atoms with E-state index < -0.39 is 0 Å². The van der Waals surface area contributed by atoms with Crippen LogP contribution < -0.4 is 10.1 Å². The highest BCUT2D eigenvalue weighted by molar-refractivity contribution is 5.70. The summed E-state index contributed by atoms with van der Waals surface area (Å²) in [5, 5.41) is 17.6. The molecule has 2 aromatic heterocycles. The molecule has 29 heavy (non-hydrogen) atoms. The van der Waals surface area contributed by atoms with Crippen molar-refractivity contribution in [1.82, 2.24) is 25.6 Å². The standard InChI is InChI=1S/C22H20N6O/c1-2-11-23-18(5-1)14-29-19-9-10-21(20(13-19)15-7-8-15)24-17-6-3-4-16(12-17)22-25-27-28-26-22/h1-6,9-13,15,24H,7-8,14H2,(H,25,26,27,28). The van der Waals surface area contributed by atoms with Crippen molar-refractivity contribution in [2.24, 2.45) is 0 Å². The Morgan fingerprint density at radius 3 is 2.79 bits per heavy atom. The fourth-order valence-electron chi connectivity index (χ4n) is 3.30. The van der Waals surface area contributed by atoms with E-state index in [9.17, 15) is 0 Å². The molecule has 1 saturated carbocycles. The molecule has 0 radical (unpaired) electrons. The molecule has 1 fully saturated rings. The van der Waals surface area contributed by atoms with E-state index >= 15 is 0 Å². The van der Waals surface area contributed by atoms with E-state index in [2.05, 4.69) is 43.1 Å². The maximum absolute atomic E-state index is 5.97. The largest absolute Gasteiger partial charge is 0.487 e. The van der Waals surface area contributed by atoms with Crippen molar-refractivity contribution < 1.29 is 4.74 Å². The van der Waals surface area contributed by atoms with Crippen LogP contribution in [0.5, 0.6) is 5.75 Å². The normalized spacial score (nSPS) is 13.2. The predicted octanol–water partition coefficient (Wildman–Crippen LogP) is 4.46. The van der Waals surface area contributed by atoms with Gasteiger partial charge < -0.3 is 10.1 Å². The average molecular weight is 384 g/mol. The predicted molar refractivity (Wildman–Crippen MR) is 110 cm³/mol. The Morgan fingerprint density at radius 1 is 1.03 bits per heavy atom. The lowest BCUT2D eigenvalue weighted by Crippen LogP contribution is -2.00. The first-order valence-electron chi connectivity index (χ1n) is 9.63. The van der Waals surface area contributed by atoms with Crippen molar-refractivity contribution in [1.29, 1.82) is 0 Å². The first-order valence-corrected chi connectivity index (χ1v) is 9.63. The van der Waals surface area contributed by atoms with Crippen molar-refractivity contribution in [2.75, 3.05) is 5.32 Å². The Bertz CT molecular complexity index is 1090. The molecule has 7 nitrogen and oxygen atoms in total. The molecule has 0 unspecified atom stereocenters. The fraction of sp³-hybridized carbons (Fsp3) is 0.182. The Hall–Kier alpha value is -3.74. The van der Waals surface area contributed by atoms with Gasteiger partial charge in [0.2, 0.25) is 0 Å². The zero-order valence-corrected chi connectivity index (χ0v) is 15.7. The molecule has 144 valence electrons. The molecule has 4 aromatic rings. The summed E-state index contributed by atoms with van der Waals surface area (Å²) in [6, 6.07) is 20.1. The van der Waals surface area contributed by atoms with E-state index in [0.717, 1.165) is 28.4 Å². The van der Waals surface area contributed by atoms with E-state index in [1.54, 1.807) is 6.20 Å². The summed E-state index contributed by atoms with van der Waals surface area (Å²) >= 11 is 0. The maximum Gasteiger partial charge on any atom is 0.179 e. The third kappa shape index (κ3) is 4.08. The summed E-state index contributed by atoms with van der Waals surface area (Å²) in [6.45, 7) is 0.463. The minimum atomic E-state index is 0.463. The average Bonchev–Trinajstić information content (AvgIpc) is 3.47. The molecule has 1 aliphatic carbocycles. The van der Waals surface area contributed by atoms with E-state index in [4.69, 9.17) is 4.74 Å². The van der Waals surface area contributed by atoms with E-state index in [1.807, 2.05) is 48.5 Å². The molecule has 0 spiro atoms. The fourth-order valence-corrected chi connectivity index (χ4v) is 3.30. The lowest BCUT2D eigenvalue weighted by molar-refractivity contribution is 0.301. The number of anilines is 2. The molecule has 7 heteroatoms. The first kappa shape index (κ1) is 17.4. The second kappa shape index (κ2) is 7.71. The molecule has 0 saturated heterocycles. The molecule has 2 heterocycles. The van der Waals surface area contributed by atoms with Gasteiger partial charge in [-0.05, 0) is 77.2 Å². The molecule has 5 rings (SSSR count). The first-order chi connectivity index (χ1) is 14.3. The van der Waals surface area contributed by atoms with Gasteiger partial charge in [-0.25, -0.2) is 5.10 Å². The van der Waals surface area contributed by atoms with Gasteiger partial charge in [0.05, 0.1) is 5.69 Å². The number of pyridine rings is 1. The number of benzene rings is 2. The number of nitrogens with one attached hydrogen (secondary N) is 2. The van der Waals surface area contributed by atoms with Gasteiger partial charge in [-0.2, -0.15) is 0 Å². The van der Waals surface area contributed by atoms with Crippen LogP contribution >= 0.6 is 0 Å². The number of nitrogens with zero attached hydrogens (tertiary/aromatic N) is 4. The van der Waals surface area contributed by atoms with E-state index in [-0.39, 0.29) is 0 Å². The Kier molecular flexibility index (Phi) is 4.62. The summed E-state index contributed by atoms with van der Waals surface area (Å²) in [6.07, 6.45) is 4.20. The third-order valence-corrected chi connectivity index (χ3v) is 4.91. The van der Waals surface area contributed by atoms with Crippen LogP contribution in [-0.2, 0) is 6.61 Å². The van der Waals surface area contributed by atoms with Gasteiger partial charge in [0, 0.05) is 23.1 Å². The Labute approximate surface area is 168 Å². The number of aromatic amines is 1. The van der Waals surface area contributed by atoms with Gasteiger partial charge in [-0.1, -0.05) is 18.2 Å². The van der Waals surface area contributed by atoms with Crippen LogP contribution in [0, 0.1) is 0 Å². The zero-order valence-electron chi connectivity index (χ0n) is 15.7. The van der Waals surface area contributed by atoms with Crippen molar-refractivity contribution in [3.63, 3.8) is 0 Å². The van der Waals surface area contributed by atoms with Crippen molar-refractivity contribution in [3.8, 4) is 17.1 Å². The number of hydrogen-bond acceptors (Lipinski definition) is 6. The van der Waals surface area contributed by atoms with Crippen LogP contribution in [0.4, 0.5) is 11.4 Å². The molecular formula is C22H20N6O. The third-order valence-electron chi connectivity index (χ3n) is 4.91. The van der Waals surface area contributed by atoms with Crippen molar-refractivity contribution >= 4 is 11.4 Å². The van der Waals surface area contributed by atoms with Crippen LogP contribution in [0.15, 0.2) is 66.9 Å². The highest BCUT2D eigenvalue weighted by Gasteiger charge is 2.26. The quantitative estimate of drug-likeness (QED) is 0.489. The van der Waals surface area contributed by atoms with Gasteiger partial charge in [-0.15, -0.1) is 5.10 Å². The monoisotopic (exact) mass is 384 g/mol. The lowest BCUT2D eigenvalue weighted by atomic mass is 10.1. The van der Waals surface area contributed by atoms with Crippen molar-refractivity contribution in [3.05, 3.63) is 78.1 Å². The number of tetrazole rings is 1. The minimum absolute atomic E-state index is 0.463. The summed E-state index contributed by atoms with van der Waals surface area (Å²) in [7, 11) is 0. The van der Waals surface area contributed by atoms with Crippen LogP contribution in [0.25, 0.3) is 11.4 Å². The molecule has 0 bridgehead atoms. The number of ether oxygens (including phenoxy) is 1. The van der Waals surface area contributed by atoms with Crippen LogP contribution in [0.1, 0.15) is 30.0 Å². The van der Waals surface area contributed by atoms with Gasteiger partial charge >= 0.3 is 0 Å². The topological polar surface area (TPSA) is 88.6 Å². The minimum Gasteiger partial charge on any atom is -0.487 e. The van der Waals surface area contributed by atoms with Gasteiger partial charge in [-0.3, -0.25) is 4.98 Å². The number of rotatable bonds is 7. The molecule has 0 atom stereocenters. The smallest absolute Gasteiger partial charge is 0.179 e. The SMILES string of the molecule is c1ccc(COc2ccc(Nc3cccc(-c4nnn[nH]4)c3)c(C3CC3)c2)nc1. The van der Waals surface area contributed by atoms with Gasteiger partial charge in [0.1, 0.15) is 12.4 Å². The van der Waals surface area contributed by atoms with Crippen LogP contribution in [0.2, 0.25) is 0 Å². The highest BCUT2D eigenvalue weighted by atomic mass is 16.5. The number of aromatic nitrogens is 5. The number of hydrogen-bond donors (Lipinski definition) is 2. The maximum atomic E-state index is 5.97. The highest BCUT2D eigenvalue weighted by Crippen LogP contribution is 2.45. The van der Waals surface area contributed by atoms with E-state index in [0.29, 0.717) is 18.3 Å². The molecule has 0 amide bonds. The summed E-state index contributed by atoms with van der Waals surface area (Å²) in [5.41, 5.74) is 5.23. The van der Waals surface area contributed by atoms with Crippen LogP contribution in [0.3, 0.4) is 0 Å². The molecule has 2 N–H and O–H groups in total. The second-order valence-corrected chi connectivity index (χ2v) is 7.09. The second-order valence-electron chi connectivity index (χ2n) is 7.09. The molecule has 0 aliphatic heterocycles. The van der Waals surface area contributed by atoms with E-state index in [1.165, 1.54) is 18.4 Å². The Morgan fingerprint density at radius 2 is 2.00 bits per heavy atom. The summed E-state index contributed by atoms with van der Waals surface area (Å²) < 4.78 is 5.97. The van der Waals surface area contributed by atoms with Crippen molar-refractivity contribution in [2.45, 2.75) is 25.4 Å². The molecular weight excluding hydrogens is 364 g/mol. The number of H-pyrrole nitrogens is 1. The Balaban J connectivity index is 1.36. The summed E-state index contributed by atoms with van der Waals surface area (Å²) in [5.74, 6) is 2.09. The van der Waals surface area contributed by atoms with Gasteiger partial charge in [0.25, 0.3) is 0 Å². The van der Waals surface area contributed by atoms with Crippen LogP contribution in [-0.4, -0.2) is 25.6 Å². The molecule has 2 aromatic carbocycles.